The normalized spacial score (nSPS) is 13.3. The molecule has 0 aromatic heterocycles. The third kappa shape index (κ3) is 6.37. The average molecular weight is 431 g/mol. The van der Waals surface area contributed by atoms with E-state index < -0.39 is 5.82 Å². The maximum atomic E-state index is 14.2. The number of halogens is 1. The molecule has 0 saturated carbocycles. The Labute approximate surface area is 185 Å². The summed E-state index contributed by atoms with van der Waals surface area (Å²) in [7, 11) is 0. The summed E-state index contributed by atoms with van der Waals surface area (Å²) in [5.41, 5.74) is 1.09. The van der Waals surface area contributed by atoms with Crippen LogP contribution in [-0.2, 0) is 16.1 Å². The molecular formula is C25H22FN3O3. The summed E-state index contributed by atoms with van der Waals surface area (Å²) in [5.74, 6) is 0.499. The first-order valence-electron chi connectivity index (χ1n) is 9.75. The fourth-order valence-corrected chi connectivity index (χ4v) is 2.81. The first-order valence-corrected chi connectivity index (χ1v) is 9.75. The van der Waals surface area contributed by atoms with Gasteiger partial charge < -0.3 is 14.8 Å². The molecule has 0 spiro atoms. The molecular weight excluding hydrogens is 409 g/mol. The Hall–Kier alpha value is -4.26. The van der Waals surface area contributed by atoms with Crippen LogP contribution < -0.4 is 10.1 Å². The lowest BCUT2D eigenvalue weighted by Crippen LogP contribution is -2.14. The first-order chi connectivity index (χ1) is 15.6. The molecule has 0 atom stereocenters. The van der Waals surface area contributed by atoms with E-state index in [4.69, 9.17) is 9.47 Å². The largest absolute Gasteiger partial charge is 0.472 e. The van der Waals surface area contributed by atoms with E-state index in [1.54, 1.807) is 12.2 Å². The molecule has 0 aliphatic heterocycles. The number of nitrogens with zero attached hydrogens (tertiary/aromatic N) is 2. The van der Waals surface area contributed by atoms with Crippen molar-refractivity contribution in [3.8, 4) is 5.75 Å². The summed E-state index contributed by atoms with van der Waals surface area (Å²) in [6.07, 6.45) is 9.01. The molecule has 6 nitrogen and oxygen atoms in total. The smallest absolute Gasteiger partial charge is 0.255 e. The molecule has 1 aliphatic rings. The summed E-state index contributed by atoms with van der Waals surface area (Å²) in [6.45, 7) is 6.55. The van der Waals surface area contributed by atoms with E-state index in [-0.39, 0.29) is 24.0 Å². The number of hydrogen-bond acceptors (Lipinski definition) is 5. The summed E-state index contributed by atoms with van der Waals surface area (Å²) in [5, 5.41) is 2.78. The molecule has 162 valence electrons. The van der Waals surface area contributed by atoms with E-state index in [9.17, 15) is 9.18 Å². The molecule has 0 unspecified atom stereocenters. The van der Waals surface area contributed by atoms with E-state index in [0.29, 0.717) is 29.2 Å². The van der Waals surface area contributed by atoms with Crippen LogP contribution in [0, 0.1) is 5.82 Å². The molecule has 7 heteroatoms. The minimum atomic E-state index is -0.478. The zero-order valence-corrected chi connectivity index (χ0v) is 17.3. The number of rotatable bonds is 9. The molecule has 0 heterocycles. The molecule has 0 bridgehead atoms. The lowest BCUT2D eigenvalue weighted by Gasteiger charge is -2.11. The molecule has 1 aliphatic carbocycles. The molecule has 0 saturated heterocycles. The van der Waals surface area contributed by atoms with Crippen LogP contribution in [0.15, 0.2) is 106 Å². The van der Waals surface area contributed by atoms with Gasteiger partial charge in [-0.3, -0.25) is 9.79 Å². The fourth-order valence-electron chi connectivity index (χ4n) is 2.81. The number of ether oxygens (including phenoxy) is 2. The van der Waals surface area contributed by atoms with Gasteiger partial charge in [0.2, 0.25) is 5.88 Å². The number of carbonyl (C=O) groups excluding carboxylic acids is 1. The van der Waals surface area contributed by atoms with Gasteiger partial charge in [-0.2, -0.15) is 0 Å². The van der Waals surface area contributed by atoms with Crippen molar-refractivity contribution in [2.75, 3.05) is 5.32 Å². The van der Waals surface area contributed by atoms with Crippen molar-refractivity contribution in [2.24, 2.45) is 9.98 Å². The number of aliphatic imine (C=N–C) groups is 2. The van der Waals surface area contributed by atoms with E-state index in [2.05, 4.69) is 28.7 Å². The topological polar surface area (TPSA) is 72.3 Å². The second-order valence-corrected chi connectivity index (χ2v) is 6.62. The predicted molar refractivity (Wildman–Crippen MR) is 124 cm³/mol. The van der Waals surface area contributed by atoms with Gasteiger partial charge in [-0.05, 0) is 62.3 Å². The number of hydrogen-bond donors (Lipinski definition) is 1. The Balaban J connectivity index is 1.71. The van der Waals surface area contributed by atoms with Crippen LogP contribution in [0.2, 0.25) is 0 Å². The second-order valence-electron chi connectivity index (χ2n) is 6.62. The van der Waals surface area contributed by atoms with Crippen LogP contribution in [0.1, 0.15) is 12.0 Å². The number of allylic oxidation sites excluding steroid dienone is 3. The van der Waals surface area contributed by atoms with Crippen LogP contribution in [0.3, 0.4) is 0 Å². The Kier molecular flexibility index (Phi) is 7.86. The lowest BCUT2D eigenvalue weighted by atomic mass is 10.1. The molecule has 32 heavy (non-hydrogen) atoms. The Morgan fingerprint density at radius 3 is 2.75 bits per heavy atom. The van der Waals surface area contributed by atoms with E-state index in [1.807, 2.05) is 42.5 Å². The van der Waals surface area contributed by atoms with E-state index in [0.717, 1.165) is 0 Å². The van der Waals surface area contributed by atoms with Crippen molar-refractivity contribution in [1.29, 1.82) is 0 Å². The first kappa shape index (κ1) is 22.4. The zero-order valence-electron chi connectivity index (χ0n) is 17.3. The van der Waals surface area contributed by atoms with Crippen LogP contribution >= 0.6 is 0 Å². The maximum Gasteiger partial charge on any atom is 0.255 e. The molecule has 2 aromatic rings. The molecule has 0 radical (unpaired) electrons. The summed E-state index contributed by atoms with van der Waals surface area (Å²) in [6, 6.07) is 13.5. The van der Waals surface area contributed by atoms with Gasteiger partial charge in [0.15, 0.2) is 0 Å². The highest BCUT2D eigenvalue weighted by Gasteiger charge is 2.13. The monoisotopic (exact) mass is 431 g/mol. The SMILES string of the molecule is C=N/C=C(\N=C)OCc1cc(NC(=O)C2=CCC=CC(Oc3ccccc3)=C2)ccc1F. The third-order valence-electron chi connectivity index (χ3n) is 4.33. The van der Waals surface area contributed by atoms with E-state index >= 15 is 0 Å². The zero-order chi connectivity index (χ0) is 22.8. The highest BCUT2D eigenvalue weighted by Crippen LogP contribution is 2.21. The van der Waals surface area contributed by atoms with Crippen LogP contribution in [0.4, 0.5) is 10.1 Å². The highest BCUT2D eigenvalue weighted by atomic mass is 19.1. The van der Waals surface area contributed by atoms with Crippen molar-refractivity contribution < 1.29 is 18.7 Å². The summed E-state index contributed by atoms with van der Waals surface area (Å²) in [4.78, 5) is 20.0. The fraction of sp³-hybridized carbons (Fsp3) is 0.0800. The van der Waals surface area contributed by atoms with Crippen LogP contribution in [0.25, 0.3) is 0 Å². The van der Waals surface area contributed by atoms with Gasteiger partial charge in [0.1, 0.15) is 23.9 Å². The minimum absolute atomic E-state index is 0.112. The van der Waals surface area contributed by atoms with Gasteiger partial charge in [-0.1, -0.05) is 30.4 Å². The molecule has 3 rings (SSSR count). The maximum absolute atomic E-state index is 14.2. The number of benzene rings is 2. The molecule has 2 aromatic carbocycles. The van der Waals surface area contributed by atoms with Gasteiger partial charge >= 0.3 is 0 Å². The lowest BCUT2D eigenvalue weighted by molar-refractivity contribution is -0.112. The average Bonchev–Trinajstić information content (AvgIpc) is 3.05. The standard InChI is InChI=1S/C25H22FN3O3/c1-27-16-24(28-2)31-17-19-14-20(12-13-23(19)26)29-25(30)18-8-6-7-11-22(15-18)32-21-9-4-3-5-10-21/h3-5,7-16H,1-2,6,17H2,(H,29,30)/b24-16+. The number of nitrogens with one attached hydrogen (secondary N) is 1. The van der Waals surface area contributed by atoms with Crippen molar-refractivity contribution >= 4 is 25.0 Å². The van der Waals surface area contributed by atoms with Crippen LogP contribution in [-0.4, -0.2) is 19.3 Å². The van der Waals surface area contributed by atoms with E-state index in [1.165, 1.54) is 24.4 Å². The van der Waals surface area contributed by atoms with Gasteiger partial charge in [-0.15, -0.1) is 0 Å². The predicted octanol–water partition coefficient (Wildman–Crippen LogP) is 5.33. The number of para-hydroxylation sites is 1. The molecule has 1 amide bonds. The second kappa shape index (κ2) is 11.2. The quantitative estimate of drug-likeness (QED) is 0.431. The van der Waals surface area contributed by atoms with Gasteiger partial charge in [0.05, 0.1) is 6.20 Å². The van der Waals surface area contributed by atoms with Crippen molar-refractivity contribution in [1.82, 2.24) is 0 Å². The molecule has 1 N–H and O–H groups in total. The minimum Gasteiger partial charge on any atom is -0.472 e. The van der Waals surface area contributed by atoms with Crippen molar-refractivity contribution in [3.05, 3.63) is 108 Å². The van der Waals surface area contributed by atoms with Crippen LogP contribution in [0.5, 0.6) is 5.75 Å². The number of anilines is 1. The van der Waals surface area contributed by atoms with Gasteiger partial charge in [-0.25, -0.2) is 9.38 Å². The number of carbonyl (C=O) groups is 1. The third-order valence-corrected chi connectivity index (χ3v) is 4.33. The summed E-state index contributed by atoms with van der Waals surface area (Å²) >= 11 is 0. The Morgan fingerprint density at radius 1 is 1.19 bits per heavy atom. The van der Waals surface area contributed by atoms with Crippen molar-refractivity contribution in [3.63, 3.8) is 0 Å². The molecule has 0 fully saturated rings. The summed E-state index contributed by atoms with van der Waals surface area (Å²) < 4.78 is 25.4. The van der Waals surface area contributed by atoms with Gasteiger partial charge in [0.25, 0.3) is 5.91 Å². The van der Waals surface area contributed by atoms with Gasteiger partial charge in [0, 0.05) is 16.8 Å². The van der Waals surface area contributed by atoms with Crippen molar-refractivity contribution in [2.45, 2.75) is 13.0 Å². The number of amides is 1. The Morgan fingerprint density at radius 2 is 2.00 bits per heavy atom. The highest BCUT2D eigenvalue weighted by molar-refractivity contribution is 6.06. The Bertz CT molecular complexity index is 1120.